The topological polar surface area (TPSA) is 78.9 Å². The zero-order chi connectivity index (χ0) is 41.5. The van der Waals surface area contributed by atoms with Gasteiger partial charge in [0.1, 0.15) is 13.2 Å². The first-order valence-electron chi connectivity index (χ1n) is 24.5. The lowest BCUT2D eigenvalue weighted by Crippen LogP contribution is -2.30. The Kier molecular flexibility index (Phi) is 44.4. The first kappa shape index (κ1) is 54.6. The van der Waals surface area contributed by atoms with Gasteiger partial charge in [-0.1, -0.05) is 224 Å². The number of allylic oxidation sites excluding steroid dienone is 6. The summed E-state index contributed by atoms with van der Waals surface area (Å²) in [5.41, 5.74) is 0. The highest BCUT2D eigenvalue weighted by Crippen LogP contribution is 2.16. The molecule has 0 aromatic heterocycles. The minimum Gasteiger partial charge on any atom is -0.462 e. The summed E-state index contributed by atoms with van der Waals surface area (Å²) >= 11 is 0. The van der Waals surface area contributed by atoms with Crippen LogP contribution in [0.4, 0.5) is 0 Å². The van der Waals surface area contributed by atoms with Crippen LogP contribution in [-0.4, -0.2) is 37.2 Å². The maximum absolute atomic E-state index is 12.7. The van der Waals surface area contributed by atoms with Crippen LogP contribution in [0, 0.1) is 0 Å². The monoisotopic (exact) mass is 801 g/mol. The van der Waals surface area contributed by atoms with Crippen LogP contribution in [0.1, 0.15) is 252 Å². The predicted octanol–water partition coefficient (Wildman–Crippen LogP) is 15.8. The second-order valence-corrected chi connectivity index (χ2v) is 16.4. The zero-order valence-electron chi connectivity index (χ0n) is 37.9. The molecule has 0 radical (unpaired) electrons. The van der Waals surface area contributed by atoms with Gasteiger partial charge in [-0.2, -0.15) is 0 Å². The van der Waals surface area contributed by atoms with Crippen LogP contribution in [0.5, 0.6) is 0 Å². The van der Waals surface area contributed by atoms with E-state index in [1.807, 2.05) is 0 Å². The number of unbranched alkanes of at least 4 members (excludes halogenated alkanes) is 27. The average molecular weight is 801 g/mol. The van der Waals surface area contributed by atoms with Gasteiger partial charge in [0.05, 0.1) is 0 Å². The van der Waals surface area contributed by atoms with Gasteiger partial charge in [-0.3, -0.25) is 14.4 Å². The smallest absolute Gasteiger partial charge is 0.306 e. The highest BCUT2D eigenvalue weighted by molar-refractivity contribution is 5.71. The average Bonchev–Trinajstić information content (AvgIpc) is 3.21. The summed E-state index contributed by atoms with van der Waals surface area (Å²) in [5.74, 6) is -0.932. The summed E-state index contributed by atoms with van der Waals surface area (Å²) in [6.45, 7) is 6.49. The zero-order valence-corrected chi connectivity index (χ0v) is 37.9. The predicted molar refractivity (Wildman–Crippen MR) is 242 cm³/mol. The first-order chi connectivity index (χ1) is 28.0. The Morgan fingerprint density at radius 1 is 0.368 bits per heavy atom. The molecule has 0 N–H and O–H groups in total. The molecule has 1 unspecified atom stereocenters. The number of hydrogen-bond acceptors (Lipinski definition) is 6. The van der Waals surface area contributed by atoms with Gasteiger partial charge < -0.3 is 14.2 Å². The first-order valence-corrected chi connectivity index (χ1v) is 24.5. The van der Waals surface area contributed by atoms with Crippen LogP contribution < -0.4 is 0 Å². The van der Waals surface area contributed by atoms with Gasteiger partial charge in [-0.05, 0) is 44.9 Å². The Labute approximate surface area is 353 Å². The second-order valence-electron chi connectivity index (χ2n) is 16.4. The van der Waals surface area contributed by atoms with Gasteiger partial charge >= 0.3 is 17.9 Å². The Morgan fingerprint density at radius 2 is 0.684 bits per heavy atom. The van der Waals surface area contributed by atoms with E-state index in [0.29, 0.717) is 25.7 Å². The molecule has 0 spiro atoms. The molecule has 0 aromatic carbocycles. The van der Waals surface area contributed by atoms with Crippen molar-refractivity contribution in [2.24, 2.45) is 0 Å². The van der Waals surface area contributed by atoms with E-state index < -0.39 is 6.10 Å². The Balaban J connectivity index is 4.38. The number of carbonyl (C=O) groups excluding carboxylic acids is 3. The minimum absolute atomic E-state index is 0.0836. The van der Waals surface area contributed by atoms with Gasteiger partial charge in [-0.25, -0.2) is 0 Å². The molecule has 0 heterocycles. The van der Waals surface area contributed by atoms with Gasteiger partial charge in [0.2, 0.25) is 0 Å². The van der Waals surface area contributed by atoms with E-state index >= 15 is 0 Å². The molecule has 57 heavy (non-hydrogen) atoms. The van der Waals surface area contributed by atoms with Gasteiger partial charge in [0.25, 0.3) is 0 Å². The van der Waals surface area contributed by atoms with Crippen LogP contribution in [0.2, 0.25) is 0 Å². The molecular formula is C51H92O6. The standard InChI is InChI=1S/C51H92O6/c1-4-7-10-13-16-19-22-24-26-29-32-35-38-41-44-50(53)56-47-48(46-55-49(52)43-40-37-34-31-28-21-18-15-12-9-6-3)57-51(54)45-42-39-36-33-30-27-25-23-20-17-14-11-8-5-2/h9,12,18,21,31,34,48H,4-8,10-11,13-17,19-20,22-30,32-33,35-47H2,1-3H3/b12-9-,21-18-,34-31-. The minimum atomic E-state index is -0.785. The van der Waals surface area contributed by atoms with Gasteiger partial charge in [0.15, 0.2) is 6.10 Å². The number of esters is 3. The third kappa shape index (κ3) is 44.6. The molecule has 0 amide bonds. The van der Waals surface area contributed by atoms with Crippen LogP contribution in [-0.2, 0) is 28.6 Å². The molecule has 1 atom stereocenters. The second kappa shape index (κ2) is 46.3. The summed E-state index contributed by atoms with van der Waals surface area (Å²) in [6, 6.07) is 0. The molecule has 0 aromatic rings. The summed E-state index contributed by atoms with van der Waals surface area (Å²) in [7, 11) is 0. The maximum atomic E-state index is 12.7. The van der Waals surface area contributed by atoms with E-state index in [1.165, 1.54) is 141 Å². The fraction of sp³-hybridized carbons (Fsp3) is 0.824. The van der Waals surface area contributed by atoms with E-state index in [2.05, 4.69) is 57.2 Å². The van der Waals surface area contributed by atoms with Crippen molar-refractivity contribution in [3.8, 4) is 0 Å². The van der Waals surface area contributed by atoms with Crippen molar-refractivity contribution >= 4 is 17.9 Å². The van der Waals surface area contributed by atoms with E-state index in [1.54, 1.807) is 0 Å². The molecule has 6 heteroatoms. The molecule has 0 fully saturated rings. The van der Waals surface area contributed by atoms with Crippen LogP contribution >= 0.6 is 0 Å². The SMILES string of the molecule is CC/C=C\C/C=C\C/C=C\CCCC(=O)OCC(COC(=O)CCCCCCCCCCCCCCCC)OC(=O)CCCCCCCCCCCCCCCC. The molecule has 0 saturated heterocycles. The number of ether oxygens (including phenoxy) is 3. The highest BCUT2D eigenvalue weighted by atomic mass is 16.6. The normalized spacial score (nSPS) is 12.3. The number of carbonyl (C=O) groups is 3. The van der Waals surface area contributed by atoms with Crippen molar-refractivity contribution in [1.82, 2.24) is 0 Å². The molecule has 0 aliphatic rings. The molecule has 0 aliphatic carbocycles. The van der Waals surface area contributed by atoms with Crippen LogP contribution in [0.25, 0.3) is 0 Å². The van der Waals surface area contributed by atoms with Crippen molar-refractivity contribution in [1.29, 1.82) is 0 Å². The van der Waals surface area contributed by atoms with Crippen molar-refractivity contribution in [2.75, 3.05) is 13.2 Å². The molecule has 6 nitrogen and oxygen atoms in total. The van der Waals surface area contributed by atoms with Gasteiger partial charge in [-0.15, -0.1) is 0 Å². The molecule has 332 valence electrons. The summed E-state index contributed by atoms with van der Waals surface area (Å²) in [4.78, 5) is 37.8. The Bertz CT molecular complexity index is 969. The van der Waals surface area contributed by atoms with Crippen molar-refractivity contribution < 1.29 is 28.6 Å². The maximum Gasteiger partial charge on any atom is 0.306 e. The largest absolute Gasteiger partial charge is 0.462 e. The van der Waals surface area contributed by atoms with Crippen molar-refractivity contribution in [3.63, 3.8) is 0 Å². The van der Waals surface area contributed by atoms with E-state index in [4.69, 9.17) is 14.2 Å². The van der Waals surface area contributed by atoms with Crippen LogP contribution in [0.15, 0.2) is 36.5 Å². The quantitative estimate of drug-likeness (QED) is 0.0264. The van der Waals surface area contributed by atoms with E-state index in [0.717, 1.165) is 64.2 Å². The molecule has 0 rings (SSSR count). The molecule has 0 saturated carbocycles. The third-order valence-corrected chi connectivity index (χ3v) is 10.7. The lowest BCUT2D eigenvalue weighted by atomic mass is 10.0. The summed E-state index contributed by atoms with van der Waals surface area (Å²) < 4.78 is 16.7. The van der Waals surface area contributed by atoms with Crippen molar-refractivity contribution in [2.45, 2.75) is 258 Å². The third-order valence-electron chi connectivity index (χ3n) is 10.7. The molecule has 0 bridgehead atoms. The molecular weight excluding hydrogens is 709 g/mol. The Morgan fingerprint density at radius 3 is 1.07 bits per heavy atom. The van der Waals surface area contributed by atoms with Gasteiger partial charge in [0, 0.05) is 19.3 Å². The Hall–Kier alpha value is -2.37. The van der Waals surface area contributed by atoms with E-state index in [9.17, 15) is 14.4 Å². The lowest BCUT2D eigenvalue weighted by Gasteiger charge is -2.18. The van der Waals surface area contributed by atoms with Crippen LogP contribution in [0.3, 0.4) is 0 Å². The number of hydrogen-bond donors (Lipinski definition) is 0. The number of rotatable bonds is 44. The highest BCUT2D eigenvalue weighted by Gasteiger charge is 2.19. The summed E-state index contributed by atoms with van der Waals surface area (Å²) in [5, 5.41) is 0. The fourth-order valence-electron chi connectivity index (χ4n) is 7.00. The summed E-state index contributed by atoms with van der Waals surface area (Å²) in [6.07, 6.45) is 52.8. The van der Waals surface area contributed by atoms with Crippen molar-refractivity contribution in [3.05, 3.63) is 36.5 Å². The van der Waals surface area contributed by atoms with E-state index in [-0.39, 0.29) is 31.1 Å². The lowest BCUT2D eigenvalue weighted by molar-refractivity contribution is -0.167. The fourth-order valence-corrected chi connectivity index (χ4v) is 7.00. The molecule has 0 aliphatic heterocycles.